The van der Waals surface area contributed by atoms with Crippen LogP contribution in [0.15, 0.2) is 23.8 Å². The number of ether oxygens (including phenoxy) is 1. The first-order valence-electron chi connectivity index (χ1n) is 4.06. The second-order valence-electron chi connectivity index (χ2n) is 2.68. The number of benzene rings is 1. The van der Waals surface area contributed by atoms with Gasteiger partial charge in [0.15, 0.2) is 0 Å². The standard InChI is InChI=1S/C11H7ClN2O/c1-15-11-5-8(2-3-10(11)12)4-9(6-13)7-14/h2-5H,1H3. The molecular formula is C11H7ClN2O. The Balaban J connectivity index is 3.14. The van der Waals surface area contributed by atoms with Gasteiger partial charge in [-0.1, -0.05) is 17.7 Å². The zero-order valence-electron chi connectivity index (χ0n) is 7.99. The number of hydrogen-bond acceptors (Lipinski definition) is 3. The van der Waals surface area contributed by atoms with Crippen LogP contribution >= 0.6 is 11.6 Å². The topological polar surface area (TPSA) is 56.8 Å². The van der Waals surface area contributed by atoms with Crippen LogP contribution in [0.2, 0.25) is 5.02 Å². The molecule has 0 unspecified atom stereocenters. The molecule has 0 saturated carbocycles. The summed E-state index contributed by atoms with van der Waals surface area (Å²) in [5.74, 6) is 0.514. The minimum Gasteiger partial charge on any atom is -0.495 e. The summed E-state index contributed by atoms with van der Waals surface area (Å²) in [6, 6.07) is 8.58. The molecule has 0 amide bonds. The fraction of sp³-hybridized carbons (Fsp3) is 0.0909. The van der Waals surface area contributed by atoms with Crippen molar-refractivity contribution in [2.75, 3.05) is 7.11 Å². The molecule has 0 fully saturated rings. The largest absolute Gasteiger partial charge is 0.495 e. The fourth-order valence-corrected chi connectivity index (χ4v) is 1.22. The zero-order chi connectivity index (χ0) is 11.3. The summed E-state index contributed by atoms with van der Waals surface area (Å²) in [5.41, 5.74) is 0.744. The number of nitriles is 2. The highest BCUT2D eigenvalue weighted by Gasteiger charge is 2.01. The smallest absolute Gasteiger partial charge is 0.138 e. The number of allylic oxidation sites excluding steroid dienone is 1. The normalized spacial score (nSPS) is 8.53. The van der Waals surface area contributed by atoms with Crippen molar-refractivity contribution in [3.05, 3.63) is 34.4 Å². The molecule has 15 heavy (non-hydrogen) atoms. The summed E-state index contributed by atoms with van der Waals surface area (Å²) >= 11 is 5.82. The molecule has 1 rings (SSSR count). The molecule has 0 N–H and O–H groups in total. The lowest BCUT2D eigenvalue weighted by Crippen LogP contribution is -1.85. The summed E-state index contributed by atoms with van der Waals surface area (Å²) in [7, 11) is 1.50. The molecule has 0 atom stereocenters. The molecule has 0 aromatic heterocycles. The van der Waals surface area contributed by atoms with Gasteiger partial charge in [0.05, 0.1) is 12.1 Å². The van der Waals surface area contributed by atoms with E-state index in [-0.39, 0.29) is 5.57 Å². The van der Waals surface area contributed by atoms with E-state index in [9.17, 15) is 0 Å². The number of hydrogen-bond donors (Lipinski definition) is 0. The van der Waals surface area contributed by atoms with E-state index in [0.29, 0.717) is 16.3 Å². The Morgan fingerprint density at radius 2 is 2.07 bits per heavy atom. The predicted octanol–water partition coefficient (Wildman–Crippen LogP) is 2.78. The Bertz CT molecular complexity index is 464. The minimum atomic E-state index is 0.0411. The molecular weight excluding hydrogens is 212 g/mol. The summed E-state index contributed by atoms with van der Waals surface area (Å²) in [4.78, 5) is 0. The van der Waals surface area contributed by atoms with E-state index in [4.69, 9.17) is 26.9 Å². The maximum atomic E-state index is 8.57. The molecule has 0 heterocycles. The summed E-state index contributed by atoms with van der Waals surface area (Å²) in [5, 5.41) is 17.6. The van der Waals surface area contributed by atoms with Gasteiger partial charge >= 0.3 is 0 Å². The van der Waals surface area contributed by atoms with Gasteiger partial charge in [-0.15, -0.1) is 0 Å². The van der Waals surface area contributed by atoms with Gasteiger partial charge in [0.1, 0.15) is 23.5 Å². The van der Waals surface area contributed by atoms with E-state index < -0.39 is 0 Å². The van der Waals surface area contributed by atoms with Gasteiger partial charge in [-0.2, -0.15) is 10.5 Å². The highest BCUT2D eigenvalue weighted by atomic mass is 35.5. The van der Waals surface area contributed by atoms with Crippen molar-refractivity contribution in [2.45, 2.75) is 0 Å². The van der Waals surface area contributed by atoms with Crippen molar-refractivity contribution >= 4 is 17.7 Å². The van der Waals surface area contributed by atoms with Crippen molar-refractivity contribution in [3.8, 4) is 17.9 Å². The number of nitrogens with zero attached hydrogens (tertiary/aromatic N) is 2. The Labute approximate surface area is 92.8 Å². The molecule has 0 spiro atoms. The first-order valence-corrected chi connectivity index (χ1v) is 4.44. The maximum absolute atomic E-state index is 8.57. The molecule has 0 aliphatic heterocycles. The lowest BCUT2D eigenvalue weighted by molar-refractivity contribution is 0.415. The molecule has 1 aromatic rings. The monoisotopic (exact) mass is 218 g/mol. The summed E-state index contributed by atoms with van der Waals surface area (Å²) in [6.45, 7) is 0. The van der Waals surface area contributed by atoms with Crippen LogP contribution in [0, 0.1) is 22.7 Å². The van der Waals surface area contributed by atoms with Crippen molar-refractivity contribution in [2.24, 2.45) is 0 Å². The van der Waals surface area contributed by atoms with Gasteiger partial charge in [0.2, 0.25) is 0 Å². The van der Waals surface area contributed by atoms with Crippen molar-refractivity contribution in [1.29, 1.82) is 10.5 Å². The molecule has 1 aromatic carbocycles. The van der Waals surface area contributed by atoms with Gasteiger partial charge in [-0.3, -0.25) is 0 Å². The first kappa shape index (κ1) is 11.1. The van der Waals surface area contributed by atoms with E-state index >= 15 is 0 Å². The van der Waals surface area contributed by atoms with Crippen molar-refractivity contribution < 1.29 is 4.74 Å². The molecule has 74 valence electrons. The molecule has 0 bridgehead atoms. The molecule has 4 heteroatoms. The van der Waals surface area contributed by atoms with Crippen LogP contribution in [0.1, 0.15) is 5.56 Å². The average Bonchev–Trinajstić information content (AvgIpc) is 2.28. The Kier molecular flexibility index (Phi) is 3.74. The van der Waals surface area contributed by atoms with Gasteiger partial charge in [0, 0.05) is 0 Å². The van der Waals surface area contributed by atoms with Crippen LogP contribution in [0.4, 0.5) is 0 Å². The fourth-order valence-electron chi connectivity index (χ4n) is 1.02. The van der Waals surface area contributed by atoms with Gasteiger partial charge in [-0.05, 0) is 23.8 Å². The third-order valence-electron chi connectivity index (χ3n) is 1.73. The Morgan fingerprint density at radius 3 is 2.60 bits per heavy atom. The first-order chi connectivity index (χ1) is 7.21. The predicted molar refractivity (Wildman–Crippen MR) is 57.2 cm³/mol. The van der Waals surface area contributed by atoms with Gasteiger partial charge in [-0.25, -0.2) is 0 Å². The second kappa shape index (κ2) is 5.05. The van der Waals surface area contributed by atoms with E-state index in [1.807, 2.05) is 0 Å². The molecule has 0 saturated heterocycles. The molecule has 0 aliphatic carbocycles. The van der Waals surface area contributed by atoms with E-state index in [1.165, 1.54) is 13.2 Å². The van der Waals surface area contributed by atoms with E-state index in [0.717, 1.165) is 0 Å². The number of halogens is 1. The van der Waals surface area contributed by atoms with Gasteiger partial charge in [0.25, 0.3) is 0 Å². The van der Waals surface area contributed by atoms with Crippen LogP contribution < -0.4 is 4.74 Å². The quantitative estimate of drug-likeness (QED) is 0.718. The summed E-state index contributed by atoms with van der Waals surface area (Å²) < 4.78 is 5.01. The van der Waals surface area contributed by atoms with Crippen molar-refractivity contribution in [3.63, 3.8) is 0 Å². The highest BCUT2D eigenvalue weighted by molar-refractivity contribution is 6.32. The van der Waals surface area contributed by atoms with Gasteiger partial charge < -0.3 is 4.74 Å². The average molecular weight is 219 g/mol. The van der Waals surface area contributed by atoms with E-state index in [2.05, 4.69) is 0 Å². The number of methoxy groups -OCH3 is 1. The van der Waals surface area contributed by atoms with Crippen LogP contribution in [0.3, 0.4) is 0 Å². The molecule has 0 radical (unpaired) electrons. The third-order valence-corrected chi connectivity index (χ3v) is 2.04. The Hall–Kier alpha value is -1.97. The molecule has 3 nitrogen and oxygen atoms in total. The highest BCUT2D eigenvalue weighted by Crippen LogP contribution is 2.25. The summed E-state index contributed by atoms with van der Waals surface area (Å²) in [6.07, 6.45) is 1.47. The minimum absolute atomic E-state index is 0.0411. The number of rotatable bonds is 2. The van der Waals surface area contributed by atoms with Crippen LogP contribution in [-0.4, -0.2) is 7.11 Å². The maximum Gasteiger partial charge on any atom is 0.138 e. The lowest BCUT2D eigenvalue weighted by Gasteiger charge is -2.03. The Morgan fingerprint density at radius 1 is 1.40 bits per heavy atom. The lowest BCUT2D eigenvalue weighted by atomic mass is 10.1. The van der Waals surface area contributed by atoms with Crippen LogP contribution in [-0.2, 0) is 0 Å². The second-order valence-corrected chi connectivity index (χ2v) is 3.08. The van der Waals surface area contributed by atoms with Crippen LogP contribution in [0.25, 0.3) is 6.08 Å². The van der Waals surface area contributed by atoms with Crippen LogP contribution in [0.5, 0.6) is 5.75 Å². The zero-order valence-corrected chi connectivity index (χ0v) is 8.75. The van der Waals surface area contributed by atoms with E-state index in [1.54, 1.807) is 30.3 Å². The third kappa shape index (κ3) is 2.74. The van der Waals surface area contributed by atoms with Crippen molar-refractivity contribution in [1.82, 2.24) is 0 Å². The molecule has 0 aliphatic rings. The SMILES string of the molecule is COc1cc(C=C(C#N)C#N)ccc1Cl.